The van der Waals surface area contributed by atoms with Gasteiger partial charge in [0.25, 0.3) is 0 Å². The highest BCUT2D eigenvalue weighted by atomic mass is 79.9. The number of fused-ring (bicyclic) bond motifs is 1. The van der Waals surface area contributed by atoms with E-state index in [1.807, 2.05) is 6.20 Å². The number of rotatable bonds is 6. The zero-order chi connectivity index (χ0) is 25.4. The highest BCUT2D eigenvalue weighted by molar-refractivity contribution is 9.10. The van der Waals surface area contributed by atoms with E-state index in [4.69, 9.17) is 5.10 Å². The number of halogens is 1. The van der Waals surface area contributed by atoms with E-state index >= 15 is 0 Å². The Kier molecular flexibility index (Phi) is 6.05. The molecule has 2 heterocycles. The Balaban J connectivity index is 1.64. The van der Waals surface area contributed by atoms with E-state index in [1.54, 1.807) is 0 Å². The first-order chi connectivity index (χ1) is 18.1. The van der Waals surface area contributed by atoms with Gasteiger partial charge in [0.1, 0.15) is 5.54 Å². The van der Waals surface area contributed by atoms with Gasteiger partial charge in [-0.2, -0.15) is 5.10 Å². The van der Waals surface area contributed by atoms with Crippen LogP contribution in [0.3, 0.4) is 0 Å². The van der Waals surface area contributed by atoms with Crippen LogP contribution in [0.5, 0.6) is 0 Å². The van der Waals surface area contributed by atoms with Gasteiger partial charge in [-0.3, -0.25) is 4.68 Å². The molecule has 6 rings (SSSR count). The Hall–Kier alpha value is -3.89. The number of aromatic amines is 1. The second-order valence-corrected chi connectivity index (χ2v) is 10.7. The van der Waals surface area contributed by atoms with Gasteiger partial charge < -0.3 is 4.98 Å². The monoisotopic (exact) mass is 545 g/mol. The zero-order valence-electron chi connectivity index (χ0n) is 20.9. The predicted molar refractivity (Wildman–Crippen MR) is 156 cm³/mol. The van der Waals surface area contributed by atoms with Crippen molar-refractivity contribution in [2.24, 2.45) is 0 Å². The summed E-state index contributed by atoms with van der Waals surface area (Å²) in [5, 5.41) is 6.31. The number of benzene rings is 4. The molecule has 0 radical (unpaired) electrons. The minimum Gasteiger partial charge on any atom is -0.354 e. The summed E-state index contributed by atoms with van der Waals surface area (Å²) >= 11 is 3.66. The first-order valence-electron chi connectivity index (χ1n) is 12.6. The molecule has 0 spiro atoms. The second-order valence-electron chi connectivity index (χ2n) is 9.74. The van der Waals surface area contributed by atoms with Crippen molar-refractivity contribution in [1.29, 1.82) is 0 Å². The summed E-state index contributed by atoms with van der Waals surface area (Å²) in [5.74, 6) is 0.350. The molecule has 0 aliphatic carbocycles. The highest BCUT2D eigenvalue weighted by Crippen LogP contribution is 2.42. The first-order valence-corrected chi connectivity index (χ1v) is 13.4. The minimum absolute atomic E-state index is 0.350. The van der Waals surface area contributed by atoms with Gasteiger partial charge in [0, 0.05) is 27.1 Å². The third-order valence-electron chi connectivity index (χ3n) is 7.17. The number of nitrogens with zero attached hydrogens (tertiary/aromatic N) is 2. The highest BCUT2D eigenvalue weighted by Gasteiger charge is 2.39. The van der Waals surface area contributed by atoms with Gasteiger partial charge in [0.05, 0.1) is 11.9 Å². The van der Waals surface area contributed by atoms with Gasteiger partial charge in [-0.15, -0.1) is 0 Å². The van der Waals surface area contributed by atoms with Crippen molar-refractivity contribution >= 4 is 26.8 Å². The quantitative estimate of drug-likeness (QED) is 0.208. The fraction of sp³-hybridized carbons (Fsp3) is 0.121. The molecule has 6 aromatic rings. The lowest BCUT2D eigenvalue weighted by Gasteiger charge is -2.36. The molecule has 182 valence electrons. The summed E-state index contributed by atoms with van der Waals surface area (Å²) in [7, 11) is 0. The molecule has 37 heavy (non-hydrogen) atoms. The molecule has 4 aromatic carbocycles. The number of hydrogen-bond acceptors (Lipinski definition) is 1. The molecule has 2 aromatic heterocycles. The van der Waals surface area contributed by atoms with Crippen LogP contribution in [0.4, 0.5) is 0 Å². The fourth-order valence-electron chi connectivity index (χ4n) is 5.58. The molecule has 0 saturated carbocycles. The maximum atomic E-state index is 5.07. The number of nitrogens with one attached hydrogen (secondary N) is 1. The molecule has 0 amide bonds. The van der Waals surface area contributed by atoms with E-state index in [9.17, 15) is 0 Å². The SMILES string of the molecule is CC(C)c1c(-c2cnn(C(c3ccccc3)(c3ccccc3)c3ccccc3)c2)[nH]c2ccc(Br)cc12. The van der Waals surface area contributed by atoms with Crippen LogP contribution in [0.25, 0.3) is 22.2 Å². The lowest BCUT2D eigenvalue weighted by molar-refractivity contribution is 0.460. The van der Waals surface area contributed by atoms with Crippen molar-refractivity contribution in [3.05, 3.63) is 148 Å². The van der Waals surface area contributed by atoms with Crippen molar-refractivity contribution in [1.82, 2.24) is 14.8 Å². The molecule has 3 nitrogen and oxygen atoms in total. The van der Waals surface area contributed by atoms with E-state index in [0.29, 0.717) is 5.92 Å². The van der Waals surface area contributed by atoms with Crippen molar-refractivity contribution < 1.29 is 0 Å². The van der Waals surface area contributed by atoms with Gasteiger partial charge in [-0.25, -0.2) is 0 Å². The van der Waals surface area contributed by atoms with E-state index in [2.05, 4.69) is 155 Å². The molecule has 0 bridgehead atoms. The van der Waals surface area contributed by atoms with Crippen LogP contribution in [-0.2, 0) is 5.54 Å². The third kappa shape index (κ3) is 3.93. The number of H-pyrrole nitrogens is 1. The Morgan fingerprint density at radius 3 is 1.81 bits per heavy atom. The summed E-state index contributed by atoms with van der Waals surface area (Å²) in [4.78, 5) is 3.70. The Morgan fingerprint density at radius 1 is 0.757 bits per heavy atom. The first kappa shape index (κ1) is 23.5. The topological polar surface area (TPSA) is 33.6 Å². The van der Waals surface area contributed by atoms with Crippen LogP contribution in [0.1, 0.15) is 42.0 Å². The fourth-order valence-corrected chi connectivity index (χ4v) is 5.94. The molecular weight excluding hydrogens is 518 g/mol. The predicted octanol–water partition coefficient (Wildman–Crippen LogP) is 8.76. The summed E-state index contributed by atoms with van der Waals surface area (Å²) in [5.41, 5.74) is 7.48. The zero-order valence-corrected chi connectivity index (χ0v) is 22.5. The molecular formula is C33H28BrN3. The van der Waals surface area contributed by atoms with Crippen LogP contribution < -0.4 is 0 Å². The Morgan fingerprint density at radius 2 is 1.30 bits per heavy atom. The average Bonchev–Trinajstić information content (AvgIpc) is 3.56. The van der Waals surface area contributed by atoms with Crippen LogP contribution >= 0.6 is 15.9 Å². The van der Waals surface area contributed by atoms with Crippen LogP contribution in [0.15, 0.2) is 126 Å². The van der Waals surface area contributed by atoms with E-state index in [1.165, 1.54) is 10.9 Å². The van der Waals surface area contributed by atoms with Gasteiger partial charge in [0.2, 0.25) is 0 Å². The maximum absolute atomic E-state index is 5.07. The lowest BCUT2D eigenvalue weighted by Crippen LogP contribution is -2.38. The van der Waals surface area contributed by atoms with Crippen LogP contribution in [-0.4, -0.2) is 14.8 Å². The molecule has 0 saturated heterocycles. The molecule has 0 aliphatic heterocycles. The lowest BCUT2D eigenvalue weighted by atomic mass is 9.77. The molecule has 1 N–H and O–H groups in total. The molecule has 0 aliphatic rings. The average molecular weight is 547 g/mol. The summed E-state index contributed by atoms with van der Waals surface area (Å²) in [6, 6.07) is 38.4. The van der Waals surface area contributed by atoms with Crippen molar-refractivity contribution in [3.63, 3.8) is 0 Å². The maximum Gasteiger partial charge on any atom is 0.138 e. The van der Waals surface area contributed by atoms with Crippen LogP contribution in [0.2, 0.25) is 0 Å². The van der Waals surface area contributed by atoms with Gasteiger partial charge in [0.15, 0.2) is 0 Å². The Bertz CT molecular complexity index is 1550. The Labute approximate surface area is 225 Å². The van der Waals surface area contributed by atoms with Gasteiger partial charge in [-0.1, -0.05) is 121 Å². The third-order valence-corrected chi connectivity index (χ3v) is 7.66. The van der Waals surface area contributed by atoms with Crippen molar-refractivity contribution in [2.45, 2.75) is 25.3 Å². The summed E-state index contributed by atoms with van der Waals surface area (Å²) < 4.78 is 3.22. The van der Waals surface area contributed by atoms with E-state index < -0.39 is 5.54 Å². The van der Waals surface area contributed by atoms with E-state index in [0.717, 1.165) is 37.9 Å². The molecule has 4 heteroatoms. The largest absolute Gasteiger partial charge is 0.354 e. The normalized spacial score (nSPS) is 11.9. The molecule has 0 atom stereocenters. The molecule has 0 fully saturated rings. The van der Waals surface area contributed by atoms with Crippen LogP contribution in [0, 0.1) is 0 Å². The van der Waals surface area contributed by atoms with Gasteiger partial charge in [-0.05, 0) is 46.4 Å². The summed E-state index contributed by atoms with van der Waals surface area (Å²) in [6.45, 7) is 4.50. The van der Waals surface area contributed by atoms with Crippen molar-refractivity contribution in [2.75, 3.05) is 0 Å². The minimum atomic E-state index is -0.630. The van der Waals surface area contributed by atoms with Crippen molar-refractivity contribution in [3.8, 4) is 11.3 Å². The summed E-state index contributed by atoms with van der Waals surface area (Å²) in [6.07, 6.45) is 4.19. The smallest absolute Gasteiger partial charge is 0.138 e. The van der Waals surface area contributed by atoms with Gasteiger partial charge >= 0.3 is 0 Å². The standard InChI is InChI=1S/C33H28BrN3/c1-23(2)31-29-20-28(34)18-19-30(29)36-32(31)24-21-35-37(22-24)33(25-12-6-3-7-13-25,26-14-8-4-9-15-26)27-16-10-5-11-17-27/h3-23,36H,1-2H3. The molecule has 0 unspecified atom stereocenters. The number of hydrogen-bond donors (Lipinski definition) is 1. The number of aromatic nitrogens is 3. The van der Waals surface area contributed by atoms with E-state index in [-0.39, 0.29) is 0 Å². The second kappa shape index (κ2) is 9.53.